The van der Waals surface area contributed by atoms with Crippen molar-refractivity contribution in [2.75, 3.05) is 0 Å². The van der Waals surface area contributed by atoms with Gasteiger partial charge in [0, 0.05) is 0 Å². The van der Waals surface area contributed by atoms with Gasteiger partial charge >= 0.3 is 19.5 Å². The van der Waals surface area contributed by atoms with Crippen molar-refractivity contribution in [2.24, 2.45) is 0 Å². The maximum Gasteiger partial charge on any atom is 8.00 e. The summed E-state index contributed by atoms with van der Waals surface area (Å²) < 4.78 is 0. The van der Waals surface area contributed by atoms with Crippen LogP contribution in [0, 0.1) is 0 Å². The second kappa shape index (κ2) is 15.1. The zero-order valence-corrected chi connectivity index (χ0v) is 11.1. The average Bonchev–Trinajstić information content (AvgIpc) is 2.36. The smallest absolute Gasteiger partial charge is 1.00 e. The zero-order valence-electron chi connectivity index (χ0n) is 8.58. The molecule has 2 aromatic heterocycles. The molecule has 2 heterocycles. The first kappa shape index (κ1) is 36.0. The number of nitrogens with one attached hydrogen (secondary N) is 2. The first-order valence-electron chi connectivity index (χ1n) is 2.75. The van der Waals surface area contributed by atoms with E-state index >= 15 is 0 Å². The van der Waals surface area contributed by atoms with Gasteiger partial charge in [0.25, 0.3) is 5.56 Å². The molecule has 0 bridgehead atoms. The van der Waals surface area contributed by atoms with E-state index in [9.17, 15) is 4.79 Å². The third kappa shape index (κ3) is 7.07. The molecule has 98 valence electrons. The summed E-state index contributed by atoms with van der Waals surface area (Å²) in [5.74, 6) is 0. The van der Waals surface area contributed by atoms with Crippen molar-refractivity contribution in [3.63, 3.8) is 0 Å². The number of hydrogen-bond donors (Lipinski definition) is 2. The van der Waals surface area contributed by atoms with Crippen LogP contribution in [0.3, 0.4) is 0 Å². The van der Waals surface area contributed by atoms with Crippen LogP contribution in [0.4, 0.5) is 0 Å². The second-order valence-electron chi connectivity index (χ2n) is 1.83. The standard InChI is InChI=1S/C5H4N4O.ClH.5H2N.Ru/c10-5-3-4(7-1-6-3)8-2-9-5;;;;;;;/h1-2H,(H2,6,7,8,9,10);1H;5*1H2;/q;;5*-1;+8/p-1. The minimum atomic E-state index is -0.216. The summed E-state index contributed by atoms with van der Waals surface area (Å²) in [4.78, 5) is 23.6. The van der Waals surface area contributed by atoms with Crippen LogP contribution in [0.15, 0.2) is 17.4 Å². The van der Waals surface area contributed by atoms with Gasteiger partial charge < -0.3 is 53.1 Å². The summed E-state index contributed by atoms with van der Waals surface area (Å²) in [6.07, 6.45) is 2.77. The summed E-state index contributed by atoms with van der Waals surface area (Å²) in [5, 5.41) is 0. The molecule has 0 fully saturated rings. The Morgan fingerprint density at radius 1 is 0.882 bits per heavy atom. The Hall–Kier alpha value is -0.937. The predicted molar refractivity (Wildman–Crippen MR) is 60.9 cm³/mol. The van der Waals surface area contributed by atoms with Gasteiger partial charge in [0.05, 0.1) is 12.7 Å². The molecule has 12 heteroatoms. The van der Waals surface area contributed by atoms with Gasteiger partial charge in [-0.3, -0.25) is 4.79 Å². The van der Waals surface area contributed by atoms with Crippen LogP contribution in [0.2, 0.25) is 0 Å². The van der Waals surface area contributed by atoms with Gasteiger partial charge in [0.2, 0.25) is 0 Å². The molecule has 0 aliphatic rings. The van der Waals surface area contributed by atoms with Gasteiger partial charge in [-0.1, -0.05) is 0 Å². The molecule has 12 N–H and O–H groups in total. The molecule has 0 radical (unpaired) electrons. The molecule has 0 aliphatic heterocycles. The molecule has 2 aromatic rings. The van der Waals surface area contributed by atoms with E-state index in [4.69, 9.17) is 0 Å². The van der Waals surface area contributed by atoms with Gasteiger partial charge in [0.1, 0.15) is 0 Å². The van der Waals surface area contributed by atoms with Crippen LogP contribution in [0.1, 0.15) is 0 Å². The Balaban J connectivity index is -0.0000000432. The molecule has 10 nitrogen and oxygen atoms in total. The van der Waals surface area contributed by atoms with E-state index in [0.29, 0.717) is 11.2 Å². The van der Waals surface area contributed by atoms with Crippen LogP contribution in [-0.4, -0.2) is 19.9 Å². The third-order valence-electron chi connectivity index (χ3n) is 1.22. The van der Waals surface area contributed by atoms with Crippen LogP contribution in [0.5, 0.6) is 0 Å². The number of imidazole rings is 1. The number of aromatic nitrogens is 4. The minimum Gasteiger partial charge on any atom is -1.00 e. The van der Waals surface area contributed by atoms with Crippen LogP contribution < -0.4 is 18.0 Å². The second-order valence-corrected chi connectivity index (χ2v) is 1.83. The van der Waals surface area contributed by atoms with E-state index in [1.165, 1.54) is 12.7 Å². The molecule has 0 amide bonds. The monoisotopic (exact) mass is 353 g/mol. The number of nitrogens with zero attached hydrogens (tertiary/aromatic N) is 2. The van der Waals surface area contributed by atoms with Gasteiger partial charge in [-0.2, -0.15) is 0 Å². The number of rotatable bonds is 0. The predicted octanol–water partition coefficient (Wildman–Crippen LogP) is 0.233. The first-order chi connectivity index (χ1) is 4.88. The first-order valence-corrected chi connectivity index (χ1v) is 2.75. The Kier molecular flexibility index (Phi) is 31.9. The van der Waals surface area contributed by atoms with E-state index < -0.39 is 0 Å². The van der Waals surface area contributed by atoms with E-state index in [-0.39, 0.29) is 68.2 Å². The Labute approximate surface area is 117 Å². The van der Waals surface area contributed by atoms with E-state index in [1.54, 1.807) is 0 Å². The largest absolute Gasteiger partial charge is 8.00 e. The van der Waals surface area contributed by atoms with Crippen molar-refractivity contribution in [1.29, 1.82) is 0 Å². The molecule has 0 spiro atoms. The maximum atomic E-state index is 10.9. The number of halogens is 1. The summed E-state index contributed by atoms with van der Waals surface area (Å²) in [6.45, 7) is 0. The van der Waals surface area contributed by atoms with Crippen LogP contribution in [-0.2, 0) is 19.5 Å². The zero-order chi connectivity index (χ0) is 6.97. The molecule has 0 saturated heterocycles. The van der Waals surface area contributed by atoms with Crippen LogP contribution >= 0.6 is 0 Å². The number of nitrogens with two attached hydrogens (primary N) is 5. The van der Waals surface area contributed by atoms with Crippen LogP contribution in [0.25, 0.3) is 41.9 Å². The molecule has 0 unspecified atom stereocenters. The van der Waals surface area contributed by atoms with Gasteiger partial charge in [-0.05, 0) is 0 Å². The number of fused-ring (bicyclic) bond motifs is 1. The fourth-order valence-electron chi connectivity index (χ4n) is 0.776. The van der Waals surface area contributed by atoms with Crippen molar-refractivity contribution < 1.29 is 31.9 Å². The van der Waals surface area contributed by atoms with Gasteiger partial charge in [0.15, 0.2) is 11.2 Å². The quantitative estimate of drug-likeness (QED) is 0.632. The van der Waals surface area contributed by atoms with Crippen molar-refractivity contribution in [3.05, 3.63) is 53.8 Å². The van der Waals surface area contributed by atoms with Crippen molar-refractivity contribution in [1.82, 2.24) is 19.9 Å². The molecule has 0 saturated carbocycles. The van der Waals surface area contributed by atoms with E-state index in [1.807, 2.05) is 0 Å². The summed E-state index contributed by atoms with van der Waals surface area (Å²) >= 11 is 0. The summed E-state index contributed by atoms with van der Waals surface area (Å²) in [6, 6.07) is 0. The number of aromatic amines is 2. The van der Waals surface area contributed by atoms with E-state index in [0.717, 1.165) is 0 Å². The Morgan fingerprint density at radius 2 is 1.35 bits per heavy atom. The van der Waals surface area contributed by atoms with Crippen molar-refractivity contribution in [3.8, 4) is 0 Å². The molecule has 17 heavy (non-hydrogen) atoms. The molecule has 0 aliphatic carbocycles. The molecule has 2 rings (SSSR count). The topological polar surface area (TPSA) is 242 Å². The summed E-state index contributed by atoms with van der Waals surface area (Å²) in [7, 11) is 0. The normalized spacial score (nSPS) is 6.12. The van der Waals surface area contributed by atoms with E-state index in [2.05, 4.69) is 19.9 Å². The fraction of sp³-hybridized carbons (Fsp3) is 0. The molecule has 0 atom stereocenters. The molecular weight excluding hydrogens is 339 g/mol. The summed E-state index contributed by atoms with van der Waals surface area (Å²) in [5.41, 5.74) is 0.650. The third-order valence-corrected chi connectivity index (χ3v) is 1.22. The number of hydrogen-bond acceptors (Lipinski definition) is 3. The molecular formula is C5H14ClN9ORu+2. The maximum absolute atomic E-state index is 10.9. The van der Waals surface area contributed by atoms with Crippen molar-refractivity contribution in [2.45, 2.75) is 0 Å². The Bertz CT molecular complexity index is 417. The average molecular weight is 353 g/mol. The fourth-order valence-corrected chi connectivity index (χ4v) is 0.776. The molecule has 0 aromatic carbocycles. The Morgan fingerprint density at radius 3 is 1.82 bits per heavy atom. The minimum absolute atomic E-state index is 0. The number of H-pyrrole nitrogens is 2. The van der Waals surface area contributed by atoms with Gasteiger partial charge in [-0.25, -0.2) is 9.97 Å². The van der Waals surface area contributed by atoms with Gasteiger partial charge in [-0.15, -0.1) is 0 Å². The SMILES string of the molecule is O=c1[nH]cnc2[nH]cnc12.[Cl-].[NH2-].[NH2-].[NH2-].[NH2-].[NH2-].[Ru+8]. The van der Waals surface area contributed by atoms with Crippen molar-refractivity contribution >= 4 is 11.2 Å².